The fraction of sp³-hybridized carbons (Fsp3) is 0.455. The van der Waals surface area contributed by atoms with Crippen LogP contribution in [0, 0.1) is 0 Å². The summed E-state index contributed by atoms with van der Waals surface area (Å²) in [5, 5.41) is 4.13. The fourth-order valence-electron chi connectivity index (χ4n) is 1.29. The number of benzene rings is 1. The van der Waals surface area contributed by atoms with Gasteiger partial charge in [-0.1, -0.05) is 30.7 Å². The van der Waals surface area contributed by atoms with Gasteiger partial charge in [-0.2, -0.15) is 0 Å². The summed E-state index contributed by atoms with van der Waals surface area (Å²) in [5.41, 5.74) is 1.32. The maximum absolute atomic E-state index is 5.87. The molecule has 2 heteroatoms. The minimum absolute atomic E-state index is 0.834. The molecule has 0 aliphatic rings. The van der Waals surface area contributed by atoms with Gasteiger partial charge in [0.15, 0.2) is 0 Å². The molecule has 0 saturated heterocycles. The Morgan fingerprint density at radius 2 is 2.23 bits per heavy atom. The summed E-state index contributed by atoms with van der Waals surface area (Å²) in [6.07, 6.45) is 2.28. The highest BCUT2D eigenvalue weighted by atomic mass is 35.5. The van der Waals surface area contributed by atoms with E-state index in [1.165, 1.54) is 12.0 Å². The van der Waals surface area contributed by atoms with Gasteiger partial charge in [0.2, 0.25) is 0 Å². The third-order valence-corrected chi connectivity index (χ3v) is 2.19. The molecule has 0 fully saturated rings. The topological polar surface area (TPSA) is 12.0 Å². The van der Waals surface area contributed by atoms with Crippen LogP contribution in [0.25, 0.3) is 0 Å². The van der Waals surface area contributed by atoms with Crippen molar-refractivity contribution in [3.05, 3.63) is 34.9 Å². The summed E-state index contributed by atoms with van der Waals surface area (Å²) in [5.74, 6) is 0. The van der Waals surface area contributed by atoms with E-state index in [2.05, 4.69) is 18.3 Å². The second kappa shape index (κ2) is 6.01. The van der Waals surface area contributed by atoms with Crippen LogP contribution in [-0.4, -0.2) is 13.1 Å². The number of nitrogens with one attached hydrogen (secondary N) is 1. The first-order valence-corrected chi connectivity index (χ1v) is 5.16. The molecular weight excluding hydrogens is 182 g/mol. The van der Waals surface area contributed by atoms with Gasteiger partial charge >= 0.3 is 0 Å². The van der Waals surface area contributed by atoms with Crippen molar-refractivity contribution in [1.29, 1.82) is 0 Å². The van der Waals surface area contributed by atoms with Gasteiger partial charge in [-0.15, -0.1) is 0 Å². The number of halogens is 1. The van der Waals surface area contributed by atoms with E-state index in [9.17, 15) is 0 Å². The van der Waals surface area contributed by atoms with E-state index in [0.29, 0.717) is 0 Å². The summed E-state index contributed by atoms with van der Waals surface area (Å²) >= 11 is 5.87. The lowest BCUT2D eigenvalue weighted by Crippen LogP contribution is -2.14. The summed E-state index contributed by atoms with van der Waals surface area (Å²) in [4.78, 5) is 0. The van der Waals surface area contributed by atoms with E-state index in [-0.39, 0.29) is 0 Å². The minimum Gasteiger partial charge on any atom is -0.317 e. The molecule has 72 valence electrons. The monoisotopic (exact) mass is 197 g/mol. The van der Waals surface area contributed by atoms with Crippen LogP contribution >= 0.6 is 11.6 Å². The minimum atomic E-state index is 0.834. The molecule has 0 atom stereocenters. The molecular formula is C11H16ClN. The number of aryl methyl sites for hydroxylation is 1. The fourth-order valence-corrected chi connectivity index (χ4v) is 1.50. The highest BCUT2D eigenvalue weighted by molar-refractivity contribution is 6.30. The lowest BCUT2D eigenvalue weighted by Gasteiger charge is -2.02. The van der Waals surface area contributed by atoms with Crippen LogP contribution in [0.15, 0.2) is 24.3 Å². The molecule has 0 aliphatic heterocycles. The maximum Gasteiger partial charge on any atom is 0.0408 e. The van der Waals surface area contributed by atoms with Crippen LogP contribution in [0.1, 0.15) is 18.9 Å². The highest BCUT2D eigenvalue weighted by Gasteiger charge is 1.93. The van der Waals surface area contributed by atoms with Gasteiger partial charge in [0.25, 0.3) is 0 Å². The van der Waals surface area contributed by atoms with E-state index in [0.717, 1.165) is 24.5 Å². The van der Waals surface area contributed by atoms with Crippen molar-refractivity contribution in [1.82, 2.24) is 5.32 Å². The van der Waals surface area contributed by atoms with E-state index >= 15 is 0 Å². The van der Waals surface area contributed by atoms with Gasteiger partial charge in [-0.25, -0.2) is 0 Å². The second-order valence-corrected chi connectivity index (χ2v) is 3.52. The molecule has 0 aromatic heterocycles. The van der Waals surface area contributed by atoms with Crippen molar-refractivity contribution in [2.24, 2.45) is 0 Å². The molecule has 1 aromatic carbocycles. The molecule has 0 aliphatic carbocycles. The zero-order chi connectivity index (χ0) is 9.52. The molecule has 0 unspecified atom stereocenters. The van der Waals surface area contributed by atoms with Crippen LogP contribution < -0.4 is 5.32 Å². The average molecular weight is 198 g/mol. The SMILES string of the molecule is CCNCCCc1cccc(Cl)c1. The van der Waals surface area contributed by atoms with E-state index in [4.69, 9.17) is 11.6 Å². The first kappa shape index (κ1) is 10.6. The van der Waals surface area contributed by atoms with Crippen LogP contribution in [0.4, 0.5) is 0 Å². The normalized spacial score (nSPS) is 10.3. The lowest BCUT2D eigenvalue weighted by molar-refractivity contribution is 0.673. The quantitative estimate of drug-likeness (QED) is 0.716. The van der Waals surface area contributed by atoms with Crippen molar-refractivity contribution in [2.75, 3.05) is 13.1 Å². The Bertz CT molecular complexity index is 248. The van der Waals surface area contributed by atoms with Gasteiger partial charge < -0.3 is 5.32 Å². The van der Waals surface area contributed by atoms with E-state index in [1.54, 1.807) is 0 Å². The van der Waals surface area contributed by atoms with E-state index < -0.39 is 0 Å². The Balaban J connectivity index is 2.28. The molecule has 0 heterocycles. The van der Waals surface area contributed by atoms with Gasteiger partial charge in [0, 0.05) is 5.02 Å². The van der Waals surface area contributed by atoms with Crippen molar-refractivity contribution < 1.29 is 0 Å². The molecule has 0 saturated carbocycles. The Morgan fingerprint density at radius 1 is 1.38 bits per heavy atom. The first-order chi connectivity index (χ1) is 6.33. The molecule has 1 rings (SSSR count). The van der Waals surface area contributed by atoms with Gasteiger partial charge in [-0.3, -0.25) is 0 Å². The van der Waals surface area contributed by atoms with Gasteiger partial charge in [-0.05, 0) is 43.6 Å². The summed E-state index contributed by atoms with van der Waals surface area (Å²) < 4.78 is 0. The van der Waals surface area contributed by atoms with Crippen LogP contribution in [0.2, 0.25) is 5.02 Å². The maximum atomic E-state index is 5.87. The van der Waals surface area contributed by atoms with Crippen molar-refractivity contribution in [2.45, 2.75) is 19.8 Å². The number of hydrogen-bond donors (Lipinski definition) is 1. The molecule has 1 N–H and O–H groups in total. The lowest BCUT2D eigenvalue weighted by atomic mass is 10.1. The largest absolute Gasteiger partial charge is 0.317 e. The molecule has 0 radical (unpaired) electrons. The van der Waals surface area contributed by atoms with Crippen LogP contribution in [0.5, 0.6) is 0 Å². The Morgan fingerprint density at radius 3 is 2.92 bits per heavy atom. The zero-order valence-electron chi connectivity index (χ0n) is 8.02. The van der Waals surface area contributed by atoms with E-state index in [1.807, 2.05) is 18.2 Å². The molecule has 0 spiro atoms. The van der Waals surface area contributed by atoms with Crippen LogP contribution in [-0.2, 0) is 6.42 Å². The number of hydrogen-bond acceptors (Lipinski definition) is 1. The molecule has 0 amide bonds. The Labute approximate surface area is 85.1 Å². The third-order valence-electron chi connectivity index (χ3n) is 1.96. The summed E-state index contributed by atoms with van der Waals surface area (Å²) in [7, 11) is 0. The average Bonchev–Trinajstić information content (AvgIpc) is 2.13. The van der Waals surface area contributed by atoms with Gasteiger partial charge in [0.05, 0.1) is 0 Å². The second-order valence-electron chi connectivity index (χ2n) is 3.09. The van der Waals surface area contributed by atoms with Gasteiger partial charge in [0.1, 0.15) is 0 Å². The highest BCUT2D eigenvalue weighted by Crippen LogP contribution is 2.11. The Kier molecular flexibility index (Phi) is 4.87. The van der Waals surface area contributed by atoms with Crippen LogP contribution in [0.3, 0.4) is 0 Å². The summed E-state index contributed by atoms with van der Waals surface area (Å²) in [6.45, 7) is 4.26. The van der Waals surface area contributed by atoms with Crippen molar-refractivity contribution in [3.8, 4) is 0 Å². The summed E-state index contributed by atoms with van der Waals surface area (Å²) in [6, 6.07) is 8.07. The molecule has 13 heavy (non-hydrogen) atoms. The first-order valence-electron chi connectivity index (χ1n) is 4.78. The van der Waals surface area contributed by atoms with Crippen molar-refractivity contribution in [3.63, 3.8) is 0 Å². The molecule has 0 bridgehead atoms. The predicted octanol–water partition coefficient (Wildman–Crippen LogP) is 2.88. The molecule has 1 nitrogen and oxygen atoms in total. The smallest absolute Gasteiger partial charge is 0.0408 e. The third kappa shape index (κ3) is 4.30. The zero-order valence-corrected chi connectivity index (χ0v) is 8.77. The number of rotatable bonds is 5. The molecule has 1 aromatic rings. The predicted molar refractivity (Wildman–Crippen MR) is 58.3 cm³/mol. The Hall–Kier alpha value is -0.530. The standard InChI is InChI=1S/C11H16ClN/c1-2-13-8-4-6-10-5-3-7-11(12)9-10/h3,5,7,9,13H,2,4,6,8H2,1H3. The van der Waals surface area contributed by atoms with Crippen molar-refractivity contribution >= 4 is 11.6 Å².